The molecule has 1 spiro atoms. The molecule has 6 nitrogen and oxygen atoms in total. The number of nitrogens with zero attached hydrogens (tertiary/aromatic N) is 4. The molecule has 0 unspecified atom stereocenters. The predicted octanol–water partition coefficient (Wildman–Crippen LogP) is 5.67. The van der Waals surface area contributed by atoms with Crippen LogP contribution in [0.1, 0.15) is 46.5 Å². The molecular weight excluding hydrogens is 388 g/mol. The fraction of sp³-hybridized carbons (Fsp3) is 0.591. The van der Waals surface area contributed by atoms with E-state index in [1.54, 1.807) is 6.07 Å². The molecule has 154 valence electrons. The number of amides is 1. The maximum atomic E-state index is 12.5. The van der Waals surface area contributed by atoms with Crippen molar-refractivity contribution in [2.24, 2.45) is 11.3 Å². The molecule has 2 aliphatic rings. The molecule has 7 heteroatoms. The van der Waals surface area contributed by atoms with E-state index in [4.69, 9.17) is 22.9 Å². The topological polar surface area (TPSA) is 51.7 Å². The summed E-state index contributed by atoms with van der Waals surface area (Å²) in [5.41, 5.74) is 1.86. The highest BCUT2D eigenvalue weighted by Crippen LogP contribution is 2.41. The van der Waals surface area contributed by atoms with Crippen LogP contribution >= 0.6 is 11.6 Å². The van der Waals surface area contributed by atoms with Crippen LogP contribution < -0.4 is 0 Å². The van der Waals surface area contributed by atoms with Crippen molar-refractivity contribution in [2.75, 3.05) is 13.1 Å². The van der Waals surface area contributed by atoms with Crippen LogP contribution in [0.2, 0.25) is 5.02 Å². The number of carbonyl (C=O) groups is 1. The zero-order chi connectivity index (χ0) is 20.8. The summed E-state index contributed by atoms with van der Waals surface area (Å²) < 4.78 is 8.05. The van der Waals surface area contributed by atoms with E-state index < -0.39 is 0 Å². The monoisotopic (exact) mass is 414 g/mol. The number of fused-ring (bicyclic) bond motifs is 1. The Bertz CT molecular complexity index is 987. The van der Waals surface area contributed by atoms with Gasteiger partial charge in [-0.2, -0.15) is 0 Å². The lowest BCUT2D eigenvalue weighted by Gasteiger charge is -2.36. The van der Waals surface area contributed by atoms with E-state index in [1.165, 1.54) is 0 Å². The quantitative estimate of drug-likeness (QED) is 0.608. The Morgan fingerprint density at radius 1 is 1.41 bits per heavy atom. The van der Waals surface area contributed by atoms with Gasteiger partial charge in [0.05, 0.1) is 30.5 Å². The lowest BCUT2D eigenvalue weighted by Crippen LogP contribution is -2.41. The first-order chi connectivity index (χ1) is 13.7. The van der Waals surface area contributed by atoms with Gasteiger partial charge in [-0.1, -0.05) is 32.4 Å². The Labute approximate surface area is 176 Å². The molecule has 0 radical (unpaired) electrons. The molecule has 2 aromatic rings. The van der Waals surface area contributed by atoms with E-state index in [0.717, 1.165) is 43.3 Å². The van der Waals surface area contributed by atoms with Crippen LogP contribution in [0.3, 0.4) is 0 Å². The van der Waals surface area contributed by atoms with Gasteiger partial charge in [-0.25, -0.2) is 14.6 Å². The van der Waals surface area contributed by atoms with Gasteiger partial charge in [-0.05, 0) is 49.1 Å². The minimum Gasteiger partial charge on any atom is -0.441 e. The average molecular weight is 415 g/mol. The Morgan fingerprint density at radius 3 is 2.93 bits per heavy atom. The zero-order valence-electron chi connectivity index (χ0n) is 17.2. The van der Waals surface area contributed by atoms with Crippen molar-refractivity contribution in [1.29, 1.82) is 0 Å². The zero-order valence-corrected chi connectivity index (χ0v) is 18.0. The van der Waals surface area contributed by atoms with Crippen molar-refractivity contribution < 1.29 is 9.53 Å². The molecule has 1 saturated carbocycles. The Kier molecular flexibility index (Phi) is 4.98. The molecule has 0 N–H and O–H groups in total. The molecule has 4 rings (SSSR count). The maximum Gasteiger partial charge on any atom is 0.410 e. The predicted molar refractivity (Wildman–Crippen MR) is 113 cm³/mol. The second-order valence-electron chi connectivity index (χ2n) is 9.73. The average Bonchev–Trinajstić information content (AvgIpc) is 3.13. The number of rotatable bonds is 3. The SMILES string of the molecule is [C-]#[N+]c1cc2c(cc1Cl)ncn2C[C@H]1CCC[C@]2(C1)CN(CC(C)(C)C)C(=O)O2. The number of imidazole rings is 1. The third kappa shape index (κ3) is 4.06. The van der Waals surface area contributed by atoms with Crippen LogP contribution in [0.4, 0.5) is 10.5 Å². The maximum absolute atomic E-state index is 12.5. The summed E-state index contributed by atoms with van der Waals surface area (Å²) in [7, 11) is 0. The summed E-state index contributed by atoms with van der Waals surface area (Å²) in [5.74, 6) is 0.399. The van der Waals surface area contributed by atoms with Crippen molar-refractivity contribution in [2.45, 2.75) is 58.6 Å². The Balaban J connectivity index is 1.51. The Hall–Kier alpha value is -2.26. The first-order valence-electron chi connectivity index (χ1n) is 10.2. The number of aromatic nitrogens is 2. The normalized spacial score (nSPS) is 24.9. The lowest BCUT2D eigenvalue weighted by atomic mass is 9.77. The van der Waals surface area contributed by atoms with E-state index in [2.05, 4.69) is 35.2 Å². The molecular formula is C22H27ClN4O2. The van der Waals surface area contributed by atoms with E-state index in [1.807, 2.05) is 17.3 Å². The molecule has 1 aromatic carbocycles. The molecule has 1 aliphatic heterocycles. The van der Waals surface area contributed by atoms with Crippen molar-refractivity contribution in [1.82, 2.24) is 14.5 Å². The van der Waals surface area contributed by atoms with Gasteiger partial charge in [0.1, 0.15) is 5.60 Å². The highest BCUT2D eigenvalue weighted by atomic mass is 35.5. The van der Waals surface area contributed by atoms with Crippen molar-refractivity contribution in [3.8, 4) is 0 Å². The first kappa shape index (κ1) is 20.0. The fourth-order valence-corrected chi connectivity index (χ4v) is 5.00. The number of carbonyl (C=O) groups excluding carboxylic acids is 1. The minimum atomic E-state index is -0.368. The second kappa shape index (κ2) is 7.21. The van der Waals surface area contributed by atoms with Gasteiger partial charge >= 0.3 is 6.09 Å². The lowest BCUT2D eigenvalue weighted by molar-refractivity contribution is 0.00413. The van der Waals surface area contributed by atoms with Crippen molar-refractivity contribution in [3.05, 3.63) is 34.9 Å². The summed E-state index contributed by atoms with van der Waals surface area (Å²) in [4.78, 5) is 22.3. The number of ether oxygens (including phenoxy) is 1. The van der Waals surface area contributed by atoms with Crippen LogP contribution in [-0.4, -0.2) is 39.2 Å². The van der Waals surface area contributed by atoms with Gasteiger partial charge in [-0.15, -0.1) is 0 Å². The van der Waals surface area contributed by atoms with Gasteiger partial charge in [0.2, 0.25) is 5.69 Å². The number of halogens is 1. The highest BCUT2D eigenvalue weighted by molar-refractivity contribution is 6.34. The van der Waals surface area contributed by atoms with Gasteiger partial charge in [-0.3, -0.25) is 0 Å². The van der Waals surface area contributed by atoms with E-state index in [0.29, 0.717) is 29.7 Å². The van der Waals surface area contributed by atoms with Crippen LogP contribution in [-0.2, 0) is 11.3 Å². The molecule has 29 heavy (non-hydrogen) atoms. The number of hydrogen-bond donors (Lipinski definition) is 0. The van der Waals surface area contributed by atoms with Crippen LogP contribution in [0.5, 0.6) is 0 Å². The molecule has 2 fully saturated rings. The van der Waals surface area contributed by atoms with Crippen LogP contribution in [0, 0.1) is 17.9 Å². The molecule has 0 bridgehead atoms. The summed E-state index contributed by atoms with van der Waals surface area (Å²) in [5, 5.41) is 0.436. The highest BCUT2D eigenvalue weighted by Gasteiger charge is 2.48. The summed E-state index contributed by atoms with van der Waals surface area (Å²) in [6.07, 6.45) is 5.59. The first-order valence-corrected chi connectivity index (χ1v) is 10.6. The van der Waals surface area contributed by atoms with E-state index >= 15 is 0 Å². The van der Waals surface area contributed by atoms with Gasteiger partial charge in [0, 0.05) is 18.1 Å². The molecule has 2 atom stereocenters. The number of benzene rings is 1. The smallest absolute Gasteiger partial charge is 0.410 e. The molecule has 2 heterocycles. The van der Waals surface area contributed by atoms with Gasteiger partial charge in [0.15, 0.2) is 0 Å². The molecule has 1 aliphatic carbocycles. The molecule has 1 saturated heterocycles. The number of hydrogen-bond acceptors (Lipinski definition) is 3. The molecule has 1 amide bonds. The third-order valence-electron chi connectivity index (χ3n) is 5.88. The van der Waals surface area contributed by atoms with E-state index in [9.17, 15) is 4.79 Å². The summed E-state index contributed by atoms with van der Waals surface area (Å²) >= 11 is 6.14. The third-order valence-corrected chi connectivity index (χ3v) is 6.18. The van der Waals surface area contributed by atoms with Crippen molar-refractivity contribution in [3.63, 3.8) is 0 Å². The second-order valence-corrected chi connectivity index (χ2v) is 10.1. The van der Waals surface area contributed by atoms with E-state index in [-0.39, 0.29) is 17.1 Å². The van der Waals surface area contributed by atoms with Gasteiger partial charge in [0.25, 0.3) is 0 Å². The van der Waals surface area contributed by atoms with Gasteiger partial charge < -0.3 is 14.2 Å². The fourth-order valence-electron chi connectivity index (χ4n) is 4.80. The van der Waals surface area contributed by atoms with Crippen molar-refractivity contribution >= 4 is 34.4 Å². The summed E-state index contributed by atoms with van der Waals surface area (Å²) in [6, 6.07) is 3.57. The Morgan fingerprint density at radius 2 is 2.21 bits per heavy atom. The van der Waals surface area contributed by atoms with Crippen LogP contribution in [0.25, 0.3) is 15.9 Å². The summed E-state index contributed by atoms with van der Waals surface area (Å²) in [6.45, 7) is 15.9. The molecule has 1 aromatic heterocycles. The largest absolute Gasteiger partial charge is 0.441 e. The van der Waals surface area contributed by atoms with Crippen LogP contribution in [0.15, 0.2) is 18.5 Å². The minimum absolute atomic E-state index is 0.0518. The standard InChI is InChI=1S/C22H27ClN4O2/c1-21(2,3)12-27-13-22(29-20(27)28)7-5-6-15(10-22)11-26-14-25-18-8-16(23)17(24-4)9-19(18)26/h8-9,14-15H,5-7,10-13H2,1-3H3/t15-,22-/m0/s1.